The summed E-state index contributed by atoms with van der Waals surface area (Å²) in [7, 11) is 0. The van der Waals surface area contributed by atoms with Gasteiger partial charge in [0.15, 0.2) is 0 Å². The molecule has 2 aliphatic rings. The minimum atomic E-state index is 0.318. The van der Waals surface area contributed by atoms with E-state index in [0.717, 1.165) is 18.3 Å². The molecule has 4 heteroatoms. The summed E-state index contributed by atoms with van der Waals surface area (Å²) >= 11 is 2.19. The second kappa shape index (κ2) is 6.55. The normalized spacial score (nSPS) is 27.8. The average Bonchev–Trinajstić information content (AvgIpc) is 2.38. The van der Waals surface area contributed by atoms with Crippen molar-refractivity contribution in [1.82, 2.24) is 15.1 Å². The van der Waals surface area contributed by atoms with E-state index in [0.29, 0.717) is 11.1 Å². The van der Waals surface area contributed by atoms with E-state index in [4.69, 9.17) is 0 Å². The zero-order valence-corrected chi connectivity index (χ0v) is 14.9. The first-order chi connectivity index (χ1) is 9.29. The van der Waals surface area contributed by atoms with Crippen LogP contribution in [0.3, 0.4) is 0 Å². The Kier molecular flexibility index (Phi) is 5.44. The minimum Gasteiger partial charge on any atom is -0.314 e. The predicted octanol–water partition coefficient (Wildman–Crippen LogP) is 2.28. The van der Waals surface area contributed by atoms with Crippen molar-refractivity contribution in [2.24, 2.45) is 0 Å². The predicted molar refractivity (Wildman–Crippen MR) is 90.7 cm³/mol. The maximum Gasteiger partial charge on any atom is 0.0193 e. The van der Waals surface area contributed by atoms with Gasteiger partial charge in [-0.3, -0.25) is 9.80 Å². The molecule has 0 aromatic carbocycles. The molecule has 0 saturated carbocycles. The first kappa shape index (κ1) is 16.6. The molecule has 118 valence electrons. The molecule has 3 nitrogen and oxygen atoms in total. The highest BCUT2D eigenvalue weighted by atomic mass is 32.2. The van der Waals surface area contributed by atoms with E-state index < -0.39 is 0 Å². The maximum absolute atomic E-state index is 3.46. The van der Waals surface area contributed by atoms with Gasteiger partial charge in [-0.1, -0.05) is 0 Å². The molecular formula is C16H33N3S. The number of nitrogens with zero attached hydrogens (tertiary/aromatic N) is 2. The van der Waals surface area contributed by atoms with Gasteiger partial charge in [0.05, 0.1) is 0 Å². The van der Waals surface area contributed by atoms with Gasteiger partial charge in [0, 0.05) is 61.3 Å². The molecule has 2 aliphatic heterocycles. The third-order valence-electron chi connectivity index (χ3n) is 4.79. The van der Waals surface area contributed by atoms with E-state index in [1.54, 1.807) is 0 Å². The maximum atomic E-state index is 3.46. The smallest absolute Gasteiger partial charge is 0.0193 e. The highest BCUT2D eigenvalue weighted by Crippen LogP contribution is 2.32. The lowest BCUT2D eigenvalue weighted by atomic mass is 9.94. The minimum absolute atomic E-state index is 0.318. The lowest BCUT2D eigenvalue weighted by Crippen LogP contribution is -2.56. The standard InChI is InChI=1S/C16H33N3S/c1-15(2,3)19-10-11-20-14(13-19)12-16(4,5)18-8-6-17-7-9-18/h14,17H,6-13H2,1-5H3. The van der Waals surface area contributed by atoms with Crippen LogP contribution in [0.1, 0.15) is 41.0 Å². The Morgan fingerprint density at radius 1 is 1.00 bits per heavy atom. The van der Waals surface area contributed by atoms with Crippen LogP contribution >= 0.6 is 11.8 Å². The molecule has 0 radical (unpaired) electrons. The third kappa shape index (κ3) is 4.36. The van der Waals surface area contributed by atoms with Crippen LogP contribution in [0.2, 0.25) is 0 Å². The van der Waals surface area contributed by atoms with Crippen molar-refractivity contribution in [3.63, 3.8) is 0 Å². The first-order valence-electron chi connectivity index (χ1n) is 8.11. The van der Waals surface area contributed by atoms with Crippen molar-refractivity contribution in [3.05, 3.63) is 0 Å². The van der Waals surface area contributed by atoms with Gasteiger partial charge in [-0.15, -0.1) is 0 Å². The quantitative estimate of drug-likeness (QED) is 0.861. The van der Waals surface area contributed by atoms with Crippen LogP contribution in [0.5, 0.6) is 0 Å². The Morgan fingerprint density at radius 2 is 1.65 bits per heavy atom. The van der Waals surface area contributed by atoms with Crippen LogP contribution in [0.4, 0.5) is 0 Å². The van der Waals surface area contributed by atoms with Gasteiger partial charge < -0.3 is 5.32 Å². The van der Waals surface area contributed by atoms with Crippen molar-refractivity contribution in [3.8, 4) is 0 Å². The fraction of sp³-hybridized carbons (Fsp3) is 1.00. The molecule has 0 aromatic heterocycles. The zero-order valence-electron chi connectivity index (χ0n) is 14.0. The second-order valence-electron chi connectivity index (χ2n) is 7.86. The number of thioether (sulfide) groups is 1. The monoisotopic (exact) mass is 299 g/mol. The van der Waals surface area contributed by atoms with E-state index in [9.17, 15) is 0 Å². The van der Waals surface area contributed by atoms with E-state index in [-0.39, 0.29) is 0 Å². The summed E-state index contributed by atoms with van der Waals surface area (Å²) in [6.07, 6.45) is 1.31. The number of nitrogens with one attached hydrogen (secondary N) is 1. The van der Waals surface area contributed by atoms with Crippen LogP contribution in [-0.2, 0) is 0 Å². The van der Waals surface area contributed by atoms with Crippen molar-refractivity contribution in [2.75, 3.05) is 45.0 Å². The summed E-state index contributed by atoms with van der Waals surface area (Å²) in [5.74, 6) is 1.29. The number of rotatable bonds is 3. The fourth-order valence-corrected chi connectivity index (χ4v) is 4.88. The topological polar surface area (TPSA) is 18.5 Å². The molecule has 20 heavy (non-hydrogen) atoms. The van der Waals surface area contributed by atoms with Crippen LogP contribution in [0.25, 0.3) is 0 Å². The van der Waals surface area contributed by atoms with Crippen molar-refractivity contribution < 1.29 is 0 Å². The Balaban J connectivity index is 1.91. The third-order valence-corrected chi connectivity index (χ3v) is 5.99. The molecule has 2 rings (SSSR count). The van der Waals surface area contributed by atoms with Crippen LogP contribution in [0, 0.1) is 0 Å². The molecule has 1 atom stereocenters. The van der Waals surface area contributed by atoms with Gasteiger partial charge >= 0.3 is 0 Å². The number of hydrogen-bond donors (Lipinski definition) is 1. The van der Waals surface area contributed by atoms with E-state index in [1.165, 1.54) is 38.4 Å². The van der Waals surface area contributed by atoms with Crippen molar-refractivity contribution in [1.29, 1.82) is 0 Å². The number of piperazine rings is 1. The molecule has 0 bridgehead atoms. The Morgan fingerprint density at radius 3 is 2.25 bits per heavy atom. The summed E-state index contributed by atoms with van der Waals surface area (Å²) < 4.78 is 0. The second-order valence-corrected chi connectivity index (χ2v) is 9.27. The van der Waals surface area contributed by atoms with Gasteiger partial charge in [-0.05, 0) is 41.0 Å². The molecule has 0 amide bonds. The van der Waals surface area contributed by atoms with Gasteiger partial charge in [0.25, 0.3) is 0 Å². The SMILES string of the molecule is CC(C)(C)N1CCSC(CC(C)(C)N2CCNCC2)C1. The lowest BCUT2D eigenvalue weighted by molar-refractivity contribution is 0.0824. The molecule has 2 saturated heterocycles. The molecule has 0 aliphatic carbocycles. The zero-order chi connectivity index (χ0) is 14.8. The summed E-state index contributed by atoms with van der Waals surface area (Å²) in [5.41, 5.74) is 0.652. The van der Waals surface area contributed by atoms with Gasteiger partial charge in [-0.25, -0.2) is 0 Å². The molecule has 1 unspecified atom stereocenters. The van der Waals surface area contributed by atoms with Gasteiger partial charge in [0.1, 0.15) is 0 Å². The largest absolute Gasteiger partial charge is 0.314 e. The Bertz CT molecular complexity index is 305. The lowest BCUT2D eigenvalue weighted by Gasteiger charge is -2.46. The highest BCUT2D eigenvalue weighted by molar-refractivity contribution is 8.00. The molecule has 2 heterocycles. The molecule has 2 fully saturated rings. The average molecular weight is 300 g/mol. The van der Waals surface area contributed by atoms with Crippen molar-refractivity contribution in [2.45, 2.75) is 57.4 Å². The van der Waals surface area contributed by atoms with Gasteiger partial charge in [0.2, 0.25) is 0 Å². The van der Waals surface area contributed by atoms with Crippen LogP contribution < -0.4 is 5.32 Å². The van der Waals surface area contributed by atoms with Gasteiger partial charge in [-0.2, -0.15) is 11.8 Å². The molecule has 0 spiro atoms. The highest BCUT2D eigenvalue weighted by Gasteiger charge is 2.34. The first-order valence-corrected chi connectivity index (χ1v) is 9.16. The van der Waals surface area contributed by atoms with E-state index in [1.807, 2.05) is 0 Å². The molecular weight excluding hydrogens is 266 g/mol. The number of hydrogen-bond acceptors (Lipinski definition) is 4. The van der Waals surface area contributed by atoms with Crippen LogP contribution in [-0.4, -0.2) is 71.1 Å². The molecule has 1 N–H and O–H groups in total. The van der Waals surface area contributed by atoms with E-state index >= 15 is 0 Å². The summed E-state index contributed by atoms with van der Waals surface area (Å²) in [6, 6.07) is 0. The Hall–Kier alpha value is 0.230. The summed E-state index contributed by atoms with van der Waals surface area (Å²) in [4.78, 5) is 5.35. The summed E-state index contributed by atoms with van der Waals surface area (Å²) in [5, 5.41) is 4.25. The van der Waals surface area contributed by atoms with E-state index in [2.05, 4.69) is 61.5 Å². The molecule has 0 aromatic rings. The fourth-order valence-electron chi connectivity index (χ4n) is 3.41. The van der Waals surface area contributed by atoms with Crippen molar-refractivity contribution >= 4 is 11.8 Å². The summed E-state index contributed by atoms with van der Waals surface area (Å²) in [6.45, 7) is 19.1. The Labute approximate surface area is 129 Å². The van der Waals surface area contributed by atoms with Crippen LogP contribution in [0.15, 0.2) is 0 Å².